The van der Waals surface area contributed by atoms with E-state index in [1.54, 1.807) is 31.5 Å². The third kappa shape index (κ3) is 6.07. The van der Waals surface area contributed by atoms with Gasteiger partial charge in [-0.05, 0) is 42.5 Å². The first-order valence-corrected chi connectivity index (χ1v) is 13.1. The number of halogens is 2. The summed E-state index contributed by atoms with van der Waals surface area (Å²) in [6, 6.07) is 9.06. The molecule has 6 nitrogen and oxygen atoms in total. The fraction of sp³-hybridized carbons (Fsp3) is 0.444. The second-order valence-electron chi connectivity index (χ2n) is 10.2. The quantitative estimate of drug-likeness (QED) is 0.300. The van der Waals surface area contributed by atoms with Crippen LogP contribution in [-0.2, 0) is 0 Å². The predicted molar refractivity (Wildman–Crippen MR) is 145 cm³/mol. The lowest BCUT2D eigenvalue weighted by molar-refractivity contribution is 0.191. The molecule has 0 saturated heterocycles. The Bertz CT molecular complexity index is 1310. The molecule has 0 aliphatic heterocycles. The first kappa shape index (κ1) is 25.7. The standard InChI is InChI=1S/C27H31BrClN3O3/c1-27(2,3)16-35-24-18(12-20(29)14-23(24)34-4)15-30-32-25(17-8-6-5-7-9-17)31-22-11-10-19(28)13-21(22)26(32)33/h10-15,17H,5-9,16H2,1-4H3. The molecule has 3 aromatic rings. The minimum atomic E-state index is -0.195. The maximum atomic E-state index is 13.6. The number of hydrogen-bond donors (Lipinski definition) is 0. The van der Waals surface area contributed by atoms with Crippen LogP contribution < -0.4 is 15.0 Å². The minimum absolute atomic E-state index is 0.0558. The van der Waals surface area contributed by atoms with Crippen LogP contribution in [0.15, 0.2) is 44.7 Å². The van der Waals surface area contributed by atoms with Gasteiger partial charge in [-0.3, -0.25) is 4.79 Å². The Morgan fingerprint density at radius 2 is 1.94 bits per heavy atom. The van der Waals surface area contributed by atoms with Crippen molar-refractivity contribution in [2.75, 3.05) is 13.7 Å². The molecule has 0 unspecified atom stereocenters. The number of fused-ring (bicyclic) bond motifs is 1. The van der Waals surface area contributed by atoms with Crippen molar-refractivity contribution in [3.8, 4) is 11.5 Å². The molecule has 0 N–H and O–H groups in total. The number of aromatic nitrogens is 2. The van der Waals surface area contributed by atoms with Gasteiger partial charge in [0.2, 0.25) is 0 Å². The van der Waals surface area contributed by atoms with Crippen molar-refractivity contribution in [1.29, 1.82) is 0 Å². The summed E-state index contributed by atoms with van der Waals surface area (Å²) >= 11 is 9.84. The molecular formula is C27H31BrClN3O3. The highest BCUT2D eigenvalue weighted by molar-refractivity contribution is 9.10. The smallest absolute Gasteiger partial charge is 0.282 e. The topological polar surface area (TPSA) is 65.7 Å². The second kappa shape index (κ2) is 10.7. The summed E-state index contributed by atoms with van der Waals surface area (Å²) in [5.74, 6) is 1.95. The normalized spacial score (nSPS) is 15.1. The van der Waals surface area contributed by atoms with Gasteiger partial charge in [0, 0.05) is 27.0 Å². The van der Waals surface area contributed by atoms with E-state index in [-0.39, 0.29) is 16.9 Å². The van der Waals surface area contributed by atoms with E-state index in [4.69, 9.17) is 26.1 Å². The Balaban J connectivity index is 1.85. The zero-order valence-corrected chi connectivity index (χ0v) is 22.9. The van der Waals surface area contributed by atoms with E-state index in [1.165, 1.54) is 11.1 Å². The molecule has 1 aliphatic carbocycles. The van der Waals surface area contributed by atoms with Gasteiger partial charge in [0.15, 0.2) is 11.5 Å². The van der Waals surface area contributed by atoms with Gasteiger partial charge in [-0.25, -0.2) is 4.98 Å². The molecule has 1 aromatic heterocycles. The molecule has 0 atom stereocenters. The SMILES string of the molecule is COc1cc(Cl)cc(C=Nn2c(C3CCCCC3)nc3ccc(Br)cc3c2=O)c1OCC(C)(C)C. The van der Waals surface area contributed by atoms with Crippen LogP contribution in [0, 0.1) is 5.41 Å². The van der Waals surface area contributed by atoms with Crippen LogP contribution in [0.5, 0.6) is 11.5 Å². The Morgan fingerprint density at radius 3 is 2.63 bits per heavy atom. The van der Waals surface area contributed by atoms with Crippen LogP contribution in [-0.4, -0.2) is 29.6 Å². The van der Waals surface area contributed by atoms with E-state index >= 15 is 0 Å². The predicted octanol–water partition coefficient (Wildman–Crippen LogP) is 7.18. The summed E-state index contributed by atoms with van der Waals surface area (Å²) in [5.41, 5.74) is 1.07. The molecule has 2 aromatic carbocycles. The van der Waals surface area contributed by atoms with E-state index in [2.05, 4.69) is 41.8 Å². The highest BCUT2D eigenvalue weighted by Crippen LogP contribution is 2.36. The van der Waals surface area contributed by atoms with Crippen molar-refractivity contribution < 1.29 is 9.47 Å². The van der Waals surface area contributed by atoms with Crippen molar-refractivity contribution in [2.45, 2.75) is 58.8 Å². The van der Waals surface area contributed by atoms with E-state index in [9.17, 15) is 4.79 Å². The molecule has 0 spiro atoms. The number of ether oxygens (including phenoxy) is 2. The van der Waals surface area contributed by atoms with Crippen LogP contribution in [0.2, 0.25) is 5.02 Å². The molecule has 0 radical (unpaired) electrons. The van der Waals surface area contributed by atoms with Gasteiger partial charge >= 0.3 is 0 Å². The number of methoxy groups -OCH3 is 1. The van der Waals surface area contributed by atoms with Crippen molar-refractivity contribution >= 4 is 44.6 Å². The summed E-state index contributed by atoms with van der Waals surface area (Å²) in [7, 11) is 1.58. The monoisotopic (exact) mass is 559 g/mol. The number of benzene rings is 2. The minimum Gasteiger partial charge on any atom is -0.493 e. The van der Waals surface area contributed by atoms with E-state index in [0.29, 0.717) is 45.4 Å². The van der Waals surface area contributed by atoms with Gasteiger partial charge in [-0.15, -0.1) is 0 Å². The highest BCUT2D eigenvalue weighted by Gasteiger charge is 2.23. The van der Waals surface area contributed by atoms with E-state index in [0.717, 1.165) is 30.2 Å². The number of hydrogen-bond acceptors (Lipinski definition) is 5. The Hall–Kier alpha value is -2.38. The van der Waals surface area contributed by atoms with Gasteiger partial charge in [0.25, 0.3) is 5.56 Å². The molecule has 0 bridgehead atoms. The van der Waals surface area contributed by atoms with Crippen molar-refractivity contribution in [3.05, 3.63) is 61.6 Å². The Kier molecular flexibility index (Phi) is 7.86. The maximum absolute atomic E-state index is 13.6. The van der Waals surface area contributed by atoms with Gasteiger partial charge in [0.05, 0.1) is 30.8 Å². The fourth-order valence-corrected chi connectivity index (χ4v) is 4.88. The average molecular weight is 561 g/mol. The molecule has 1 saturated carbocycles. The van der Waals surface area contributed by atoms with E-state index < -0.39 is 0 Å². The Morgan fingerprint density at radius 1 is 1.20 bits per heavy atom. The molecule has 1 heterocycles. The summed E-state index contributed by atoms with van der Waals surface area (Å²) in [6.45, 7) is 6.76. The molecule has 35 heavy (non-hydrogen) atoms. The number of rotatable bonds is 6. The Labute approximate surface area is 219 Å². The zero-order valence-electron chi connectivity index (χ0n) is 20.6. The second-order valence-corrected chi connectivity index (χ2v) is 11.6. The van der Waals surface area contributed by atoms with Gasteiger partial charge in [0.1, 0.15) is 5.82 Å². The molecule has 1 fully saturated rings. The lowest BCUT2D eigenvalue weighted by Crippen LogP contribution is -2.25. The molecular weight excluding hydrogens is 530 g/mol. The van der Waals surface area contributed by atoms with Gasteiger partial charge in [-0.1, -0.05) is 67.6 Å². The van der Waals surface area contributed by atoms with Crippen LogP contribution in [0.4, 0.5) is 0 Å². The van der Waals surface area contributed by atoms with Gasteiger partial charge in [-0.2, -0.15) is 9.78 Å². The van der Waals surface area contributed by atoms with Crippen LogP contribution >= 0.6 is 27.5 Å². The zero-order chi connectivity index (χ0) is 25.2. The molecule has 0 amide bonds. The third-order valence-corrected chi connectivity index (χ3v) is 6.75. The van der Waals surface area contributed by atoms with Crippen LogP contribution in [0.25, 0.3) is 10.9 Å². The maximum Gasteiger partial charge on any atom is 0.282 e. The summed E-state index contributed by atoms with van der Waals surface area (Å²) in [5, 5.41) is 5.67. The lowest BCUT2D eigenvalue weighted by Gasteiger charge is -2.23. The summed E-state index contributed by atoms with van der Waals surface area (Å²) in [6.07, 6.45) is 7.06. The third-order valence-electron chi connectivity index (χ3n) is 6.03. The summed E-state index contributed by atoms with van der Waals surface area (Å²) < 4.78 is 14.0. The largest absolute Gasteiger partial charge is 0.493 e. The molecule has 8 heteroatoms. The van der Waals surface area contributed by atoms with E-state index in [1.807, 2.05) is 12.1 Å². The fourth-order valence-electron chi connectivity index (χ4n) is 4.30. The first-order chi connectivity index (χ1) is 16.7. The first-order valence-electron chi connectivity index (χ1n) is 11.9. The molecule has 1 aliphatic rings. The lowest BCUT2D eigenvalue weighted by atomic mass is 9.88. The van der Waals surface area contributed by atoms with Gasteiger partial charge < -0.3 is 9.47 Å². The van der Waals surface area contributed by atoms with Crippen LogP contribution in [0.1, 0.15) is 70.2 Å². The number of nitrogens with zero attached hydrogens (tertiary/aromatic N) is 3. The van der Waals surface area contributed by atoms with Crippen molar-refractivity contribution in [2.24, 2.45) is 10.5 Å². The molecule has 4 rings (SSSR count). The highest BCUT2D eigenvalue weighted by atomic mass is 79.9. The average Bonchev–Trinajstić information content (AvgIpc) is 2.82. The van der Waals surface area contributed by atoms with Crippen molar-refractivity contribution in [3.63, 3.8) is 0 Å². The summed E-state index contributed by atoms with van der Waals surface area (Å²) in [4.78, 5) is 18.5. The van der Waals surface area contributed by atoms with Crippen molar-refractivity contribution in [1.82, 2.24) is 9.66 Å². The van der Waals surface area contributed by atoms with Crippen LogP contribution in [0.3, 0.4) is 0 Å². The molecule has 186 valence electrons.